The normalized spacial score (nSPS) is 11.6. The lowest BCUT2D eigenvalue weighted by Crippen LogP contribution is -1.96. The quantitative estimate of drug-likeness (QED) is 0.189. The Balaban J connectivity index is 1.14. The van der Waals surface area contributed by atoms with Crippen LogP contribution in [-0.4, -0.2) is 0 Å². The molecule has 2 nitrogen and oxygen atoms in total. The van der Waals surface area contributed by atoms with E-state index >= 15 is 0 Å². The molecule has 2 heterocycles. The van der Waals surface area contributed by atoms with Gasteiger partial charge in [0.15, 0.2) is 0 Å². The van der Waals surface area contributed by atoms with Gasteiger partial charge in [-0.1, -0.05) is 133 Å². The molecule has 10 rings (SSSR count). The highest BCUT2D eigenvalue weighted by Gasteiger charge is 2.18. The molecule has 0 fully saturated rings. The molecule has 0 unspecified atom stereocenters. The molecule has 3 heteroatoms. The van der Waals surface area contributed by atoms with Crippen molar-refractivity contribution in [3.63, 3.8) is 0 Å². The highest BCUT2D eigenvalue weighted by Crippen LogP contribution is 2.45. The number of furan rings is 1. The minimum Gasteiger partial charge on any atom is -0.456 e. The summed E-state index contributed by atoms with van der Waals surface area (Å²) < 4.78 is 8.86. The summed E-state index contributed by atoms with van der Waals surface area (Å²) in [6.07, 6.45) is 0. The Kier molecular flexibility index (Phi) is 7.26. The number of hydrogen-bond acceptors (Lipinski definition) is 3. The molecule has 0 atom stereocenters. The molecule has 0 aliphatic heterocycles. The van der Waals surface area contributed by atoms with Gasteiger partial charge in [0.25, 0.3) is 0 Å². The molecule has 10 aromatic rings. The van der Waals surface area contributed by atoms with Gasteiger partial charge in [-0.2, -0.15) is 0 Å². The van der Waals surface area contributed by atoms with Gasteiger partial charge in [0.2, 0.25) is 0 Å². The van der Waals surface area contributed by atoms with Crippen LogP contribution in [0.3, 0.4) is 0 Å². The lowest BCUT2D eigenvalue weighted by atomic mass is 9.86. The largest absolute Gasteiger partial charge is 0.456 e. The van der Waals surface area contributed by atoms with Gasteiger partial charge < -0.3 is 9.73 Å². The summed E-state index contributed by atoms with van der Waals surface area (Å²) in [5.41, 5.74) is 14.8. The summed E-state index contributed by atoms with van der Waals surface area (Å²) in [5.74, 6) is 0. The summed E-state index contributed by atoms with van der Waals surface area (Å²) in [6.45, 7) is 2.28. The molecule has 0 bridgehead atoms. The summed E-state index contributed by atoms with van der Waals surface area (Å²) in [6, 6.07) is 63.1. The van der Waals surface area contributed by atoms with Crippen molar-refractivity contribution in [1.29, 1.82) is 0 Å². The number of benzene rings is 8. The van der Waals surface area contributed by atoms with Crippen LogP contribution in [0.15, 0.2) is 180 Å². The molecule has 8 aromatic carbocycles. The second-order valence-electron chi connectivity index (χ2n) is 13.3. The Morgan fingerprint density at radius 3 is 1.94 bits per heavy atom. The van der Waals surface area contributed by atoms with Gasteiger partial charge in [0.1, 0.15) is 11.2 Å². The van der Waals surface area contributed by atoms with E-state index in [1.165, 1.54) is 59.1 Å². The van der Waals surface area contributed by atoms with Gasteiger partial charge in [0.05, 0.1) is 11.1 Å². The van der Waals surface area contributed by atoms with E-state index in [1.54, 1.807) is 0 Å². The fraction of sp³-hybridized carbons (Fsp3) is 0.0204. The van der Waals surface area contributed by atoms with Crippen molar-refractivity contribution in [3.05, 3.63) is 181 Å². The van der Waals surface area contributed by atoms with E-state index in [1.807, 2.05) is 29.5 Å². The molecule has 0 radical (unpaired) electrons. The molecular formula is C49H33NOS. The van der Waals surface area contributed by atoms with E-state index in [4.69, 9.17) is 4.42 Å². The molecule has 0 saturated carbocycles. The maximum Gasteiger partial charge on any atom is 0.137 e. The summed E-state index contributed by atoms with van der Waals surface area (Å²) in [4.78, 5) is 0. The van der Waals surface area contributed by atoms with E-state index < -0.39 is 0 Å². The SMILES string of the molecule is Cc1c(-c2cc(-c3ccccc3Nc3cccc4oc5ccccc5c34)ccc2-c2ccccc2)cccc1-c1cccc2sc3ccccc3c12. The van der Waals surface area contributed by atoms with Gasteiger partial charge in [-0.3, -0.25) is 0 Å². The number of para-hydroxylation sites is 2. The third-order valence-corrected chi connectivity index (χ3v) is 11.5. The molecule has 1 N–H and O–H groups in total. The van der Waals surface area contributed by atoms with E-state index in [0.29, 0.717) is 0 Å². The third kappa shape index (κ3) is 5.01. The van der Waals surface area contributed by atoms with Crippen LogP contribution in [0, 0.1) is 6.92 Å². The lowest BCUT2D eigenvalue weighted by molar-refractivity contribution is 0.669. The van der Waals surface area contributed by atoms with Crippen LogP contribution in [-0.2, 0) is 0 Å². The van der Waals surface area contributed by atoms with Crippen molar-refractivity contribution in [2.75, 3.05) is 5.32 Å². The van der Waals surface area contributed by atoms with Crippen LogP contribution >= 0.6 is 11.3 Å². The zero-order valence-electron chi connectivity index (χ0n) is 28.6. The molecule has 0 spiro atoms. The molecule has 0 saturated heterocycles. The Bertz CT molecular complexity index is 2950. The first-order valence-electron chi connectivity index (χ1n) is 17.7. The zero-order valence-corrected chi connectivity index (χ0v) is 29.4. The van der Waals surface area contributed by atoms with Gasteiger partial charge >= 0.3 is 0 Å². The lowest BCUT2D eigenvalue weighted by Gasteiger charge is -2.19. The van der Waals surface area contributed by atoms with E-state index in [9.17, 15) is 0 Å². The first-order chi connectivity index (χ1) is 25.7. The number of hydrogen-bond donors (Lipinski definition) is 1. The summed E-state index contributed by atoms with van der Waals surface area (Å²) in [7, 11) is 0. The van der Waals surface area contributed by atoms with Crippen molar-refractivity contribution < 1.29 is 4.42 Å². The highest BCUT2D eigenvalue weighted by atomic mass is 32.1. The van der Waals surface area contributed by atoms with E-state index in [2.05, 4.69) is 170 Å². The fourth-order valence-corrected chi connectivity index (χ4v) is 9.02. The number of nitrogens with one attached hydrogen (secondary N) is 1. The van der Waals surface area contributed by atoms with Crippen LogP contribution in [0.4, 0.5) is 11.4 Å². The third-order valence-electron chi connectivity index (χ3n) is 10.3. The molecule has 0 aliphatic carbocycles. The number of thiophene rings is 1. The van der Waals surface area contributed by atoms with Gasteiger partial charge in [-0.15, -0.1) is 11.3 Å². The van der Waals surface area contributed by atoms with E-state index in [-0.39, 0.29) is 0 Å². The van der Waals surface area contributed by atoms with Crippen LogP contribution in [0.2, 0.25) is 0 Å². The second-order valence-corrected chi connectivity index (χ2v) is 14.4. The van der Waals surface area contributed by atoms with E-state index in [0.717, 1.165) is 44.4 Å². The predicted molar refractivity (Wildman–Crippen MR) is 223 cm³/mol. The van der Waals surface area contributed by atoms with Crippen molar-refractivity contribution in [2.24, 2.45) is 0 Å². The van der Waals surface area contributed by atoms with Gasteiger partial charge in [-0.05, 0) is 93.9 Å². The van der Waals surface area contributed by atoms with Gasteiger partial charge in [0, 0.05) is 36.8 Å². The van der Waals surface area contributed by atoms with Crippen molar-refractivity contribution in [3.8, 4) is 44.5 Å². The molecule has 0 aliphatic rings. The van der Waals surface area contributed by atoms with Crippen LogP contribution in [0.25, 0.3) is 86.6 Å². The predicted octanol–water partition coefficient (Wildman–Crippen LogP) is 14.7. The van der Waals surface area contributed by atoms with Crippen LogP contribution in [0.5, 0.6) is 0 Å². The molecular weight excluding hydrogens is 651 g/mol. The van der Waals surface area contributed by atoms with Crippen molar-refractivity contribution >= 4 is 64.8 Å². The summed E-state index contributed by atoms with van der Waals surface area (Å²) >= 11 is 1.87. The highest BCUT2D eigenvalue weighted by molar-refractivity contribution is 7.25. The maximum atomic E-state index is 6.22. The first-order valence-corrected chi connectivity index (χ1v) is 18.5. The van der Waals surface area contributed by atoms with Gasteiger partial charge in [-0.25, -0.2) is 0 Å². The average Bonchev–Trinajstić information content (AvgIpc) is 3.78. The van der Waals surface area contributed by atoms with Crippen molar-refractivity contribution in [2.45, 2.75) is 6.92 Å². The first kappa shape index (κ1) is 30.4. The monoisotopic (exact) mass is 683 g/mol. The number of rotatable bonds is 6. The number of anilines is 2. The molecule has 0 amide bonds. The fourth-order valence-electron chi connectivity index (χ4n) is 7.89. The molecule has 52 heavy (non-hydrogen) atoms. The zero-order chi connectivity index (χ0) is 34.6. The Labute approximate surface area is 306 Å². The average molecular weight is 684 g/mol. The smallest absolute Gasteiger partial charge is 0.137 e. The Hall–Kier alpha value is -6.42. The minimum atomic E-state index is 0.875. The summed E-state index contributed by atoms with van der Waals surface area (Å²) in [5, 5.41) is 8.66. The minimum absolute atomic E-state index is 0.875. The maximum absolute atomic E-state index is 6.22. The Morgan fingerprint density at radius 1 is 0.404 bits per heavy atom. The topological polar surface area (TPSA) is 25.2 Å². The second kappa shape index (κ2) is 12.4. The number of fused-ring (bicyclic) bond motifs is 6. The Morgan fingerprint density at radius 2 is 1.04 bits per heavy atom. The van der Waals surface area contributed by atoms with Crippen LogP contribution < -0.4 is 5.32 Å². The van der Waals surface area contributed by atoms with Crippen LogP contribution in [0.1, 0.15) is 5.56 Å². The molecule has 2 aromatic heterocycles. The molecule has 246 valence electrons. The standard InChI is InChI=1S/C49H33NOS/c1-31-34(38-21-12-27-47-48(38)40-18-7-10-26-46(40)52-47)19-11-20-35(31)41-30-33(28-29-36(41)32-14-3-2-4-15-32)37-16-5-8-22-42(37)50-43-23-13-25-45-49(43)39-17-6-9-24-44(39)51-45/h2-30,50H,1H3. The van der Waals surface area contributed by atoms with Crippen molar-refractivity contribution in [1.82, 2.24) is 0 Å².